The maximum atomic E-state index is 12.6. The molecule has 0 radical (unpaired) electrons. The van der Waals surface area contributed by atoms with Crippen LogP contribution in [0.2, 0.25) is 5.02 Å². The summed E-state index contributed by atoms with van der Waals surface area (Å²) in [5.74, 6) is 0. The second-order valence-electron chi connectivity index (χ2n) is 3.97. The van der Waals surface area contributed by atoms with Crippen molar-refractivity contribution in [2.45, 2.75) is 25.6 Å². The molecule has 1 aromatic carbocycles. The standard InChI is InChI=1S/C12H13ClF3N.ClH/c1-7(2)6-10(17)8-4-3-5-9(11(8)13)12(14,15)16;/h3-5,10H,1,6,17H2,2H3;1H/t10-;/m0./s1. The van der Waals surface area contributed by atoms with E-state index in [-0.39, 0.29) is 17.4 Å². The molecule has 6 heteroatoms. The first kappa shape index (κ1) is 17.3. The Morgan fingerprint density at radius 3 is 2.44 bits per heavy atom. The predicted octanol–water partition coefficient (Wildman–Crippen LogP) is 4.75. The summed E-state index contributed by atoms with van der Waals surface area (Å²) < 4.78 is 37.8. The van der Waals surface area contributed by atoms with Gasteiger partial charge in [0, 0.05) is 6.04 Å². The van der Waals surface area contributed by atoms with Crippen LogP contribution in [0.15, 0.2) is 30.4 Å². The van der Waals surface area contributed by atoms with E-state index < -0.39 is 17.8 Å². The van der Waals surface area contributed by atoms with Gasteiger partial charge in [0.1, 0.15) is 0 Å². The van der Waals surface area contributed by atoms with Crippen LogP contribution in [0.1, 0.15) is 30.5 Å². The lowest BCUT2D eigenvalue weighted by Crippen LogP contribution is -2.14. The van der Waals surface area contributed by atoms with E-state index in [0.717, 1.165) is 11.6 Å². The predicted molar refractivity (Wildman–Crippen MR) is 70.1 cm³/mol. The summed E-state index contributed by atoms with van der Waals surface area (Å²) in [5.41, 5.74) is 6.04. The van der Waals surface area contributed by atoms with Crippen molar-refractivity contribution in [2.24, 2.45) is 5.73 Å². The molecule has 0 spiro atoms. The maximum Gasteiger partial charge on any atom is 0.417 e. The average molecular weight is 300 g/mol. The molecule has 0 heterocycles. The molecular weight excluding hydrogens is 286 g/mol. The lowest BCUT2D eigenvalue weighted by atomic mass is 9.99. The highest BCUT2D eigenvalue weighted by Crippen LogP contribution is 2.38. The van der Waals surface area contributed by atoms with E-state index >= 15 is 0 Å². The first-order valence-corrected chi connectivity index (χ1v) is 5.37. The Labute approximate surface area is 115 Å². The van der Waals surface area contributed by atoms with E-state index in [9.17, 15) is 13.2 Å². The van der Waals surface area contributed by atoms with Gasteiger partial charge in [0.2, 0.25) is 0 Å². The molecule has 0 bridgehead atoms. The van der Waals surface area contributed by atoms with Crippen molar-refractivity contribution >= 4 is 24.0 Å². The number of nitrogens with two attached hydrogens (primary N) is 1. The zero-order valence-corrected chi connectivity index (χ0v) is 11.3. The van der Waals surface area contributed by atoms with Gasteiger partial charge in [0.05, 0.1) is 10.6 Å². The minimum atomic E-state index is -4.46. The average Bonchev–Trinajstić information content (AvgIpc) is 2.14. The van der Waals surface area contributed by atoms with Crippen molar-refractivity contribution in [3.05, 3.63) is 46.5 Å². The lowest BCUT2D eigenvalue weighted by Gasteiger charge is -2.17. The summed E-state index contributed by atoms with van der Waals surface area (Å²) in [5, 5.41) is -0.325. The number of benzene rings is 1. The first-order chi connectivity index (χ1) is 7.73. The second-order valence-corrected chi connectivity index (χ2v) is 4.35. The fourth-order valence-electron chi connectivity index (χ4n) is 1.54. The van der Waals surface area contributed by atoms with Gasteiger partial charge in [0.25, 0.3) is 0 Å². The van der Waals surface area contributed by atoms with Crippen molar-refractivity contribution in [1.82, 2.24) is 0 Å². The molecule has 1 nitrogen and oxygen atoms in total. The number of hydrogen-bond donors (Lipinski definition) is 1. The minimum Gasteiger partial charge on any atom is -0.324 e. The molecule has 0 fully saturated rings. The van der Waals surface area contributed by atoms with Gasteiger partial charge in [-0.15, -0.1) is 19.0 Å². The molecule has 1 rings (SSSR count). The van der Waals surface area contributed by atoms with Crippen molar-refractivity contribution in [3.63, 3.8) is 0 Å². The van der Waals surface area contributed by atoms with E-state index in [0.29, 0.717) is 12.0 Å². The van der Waals surface area contributed by atoms with Crippen molar-refractivity contribution < 1.29 is 13.2 Å². The van der Waals surface area contributed by atoms with Gasteiger partial charge < -0.3 is 5.73 Å². The van der Waals surface area contributed by atoms with Crippen LogP contribution in [0.4, 0.5) is 13.2 Å². The second kappa shape index (κ2) is 6.45. The number of alkyl halides is 3. The number of halogens is 5. The summed E-state index contributed by atoms with van der Waals surface area (Å²) in [6.45, 7) is 5.44. The van der Waals surface area contributed by atoms with Gasteiger partial charge in [-0.2, -0.15) is 13.2 Å². The third kappa shape index (κ3) is 4.19. The molecule has 0 aliphatic carbocycles. The highest BCUT2D eigenvalue weighted by atomic mass is 35.5. The zero-order chi connectivity index (χ0) is 13.2. The van der Waals surface area contributed by atoms with Gasteiger partial charge in [-0.3, -0.25) is 0 Å². The minimum absolute atomic E-state index is 0. The molecule has 0 aromatic heterocycles. The lowest BCUT2D eigenvalue weighted by molar-refractivity contribution is -0.137. The molecule has 0 saturated heterocycles. The Hall–Kier alpha value is -0.710. The molecule has 0 saturated carbocycles. The fourth-order valence-corrected chi connectivity index (χ4v) is 1.91. The Morgan fingerprint density at radius 2 is 2.00 bits per heavy atom. The van der Waals surface area contributed by atoms with Crippen LogP contribution in [0.5, 0.6) is 0 Å². The largest absolute Gasteiger partial charge is 0.417 e. The van der Waals surface area contributed by atoms with Crippen LogP contribution in [0.25, 0.3) is 0 Å². The molecule has 0 aliphatic rings. The van der Waals surface area contributed by atoms with Crippen molar-refractivity contribution in [3.8, 4) is 0 Å². The van der Waals surface area contributed by atoms with Crippen LogP contribution in [-0.2, 0) is 6.18 Å². The Bertz CT molecular complexity index is 430. The molecule has 102 valence electrons. The zero-order valence-electron chi connectivity index (χ0n) is 9.72. The van der Waals surface area contributed by atoms with Crippen molar-refractivity contribution in [1.29, 1.82) is 0 Å². The summed E-state index contributed by atoms with van der Waals surface area (Å²) >= 11 is 5.74. The molecule has 0 aliphatic heterocycles. The fraction of sp³-hybridized carbons (Fsp3) is 0.333. The molecule has 1 aromatic rings. The molecular formula is C12H14Cl2F3N. The summed E-state index contributed by atoms with van der Waals surface area (Å²) in [7, 11) is 0. The van der Waals surface area contributed by atoms with Gasteiger partial charge in [0.15, 0.2) is 0 Å². The molecule has 0 amide bonds. The maximum absolute atomic E-state index is 12.6. The van der Waals surface area contributed by atoms with Crippen LogP contribution in [-0.4, -0.2) is 0 Å². The van der Waals surface area contributed by atoms with Crippen LogP contribution < -0.4 is 5.73 Å². The van der Waals surface area contributed by atoms with Crippen LogP contribution >= 0.6 is 24.0 Å². The Balaban J connectivity index is 0.00000289. The van der Waals surface area contributed by atoms with E-state index in [2.05, 4.69) is 6.58 Å². The van der Waals surface area contributed by atoms with E-state index in [1.165, 1.54) is 12.1 Å². The van der Waals surface area contributed by atoms with E-state index in [1.807, 2.05) is 0 Å². The molecule has 1 atom stereocenters. The third-order valence-electron chi connectivity index (χ3n) is 2.30. The monoisotopic (exact) mass is 299 g/mol. The van der Waals surface area contributed by atoms with E-state index in [4.69, 9.17) is 17.3 Å². The first-order valence-electron chi connectivity index (χ1n) is 4.99. The quantitative estimate of drug-likeness (QED) is 0.801. The van der Waals surface area contributed by atoms with Gasteiger partial charge >= 0.3 is 6.18 Å². The topological polar surface area (TPSA) is 26.0 Å². The highest BCUT2D eigenvalue weighted by molar-refractivity contribution is 6.32. The van der Waals surface area contributed by atoms with Crippen LogP contribution in [0, 0.1) is 0 Å². The third-order valence-corrected chi connectivity index (χ3v) is 2.72. The summed E-state index contributed by atoms with van der Waals surface area (Å²) in [6, 6.07) is 3.19. The van der Waals surface area contributed by atoms with Crippen molar-refractivity contribution in [2.75, 3.05) is 0 Å². The molecule has 0 unspecified atom stereocenters. The number of hydrogen-bond acceptors (Lipinski definition) is 1. The Kier molecular flexibility index (Phi) is 6.20. The van der Waals surface area contributed by atoms with E-state index in [1.54, 1.807) is 6.92 Å². The van der Waals surface area contributed by atoms with Gasteiger partial charge in [-0.1, -0.05) is 29.3 Å². The number of rotatable bonds is 3. The molecule has 18 heavy (non-hydrogen) atoms. The normalized spacial score (nSPS) is 12.8. The van der Waals surface area contributed by atoms with Gasteiger partial charge in [-0.05, 0) is 25.0 Å². The highest BCUT2D eigenvalue weighted by Gasteiger charge is 2.34. The van der Waals surface area contributed by atoms with Crippen LogP contribution in [0.3, 0.4) is 0 Å². The SMILES string of the molecule is C=C(C)C[C@H](N)c1cccc(C(F)(F)F)c1Cl.Cl. The molecule has 2 N–H and O–H groups in total. The summed E-state index contributed by atoms with van der Waals surface area (Å²) in [4.78, 5) is 0. The Morgan fingerprint density at radius 1 is 1.44 bits per heavy atom. The summed E-state index contributed by atoms with van der Waals surface area (Å²) in [6.07, 6.45) is -4.06. The smallest absolute Gasteiger partial charge is 0.324 e. The van der Waals surface area contributed by atoms with Gasteiger partial charge in [-0.25, -0.2) is 0 Å².